The van der Waals surface area contributed by atoms with Crippen molar-refractivity contribution in [1.82, 2.24) is 5.32 Å². The van der Waals surface area contributed by atoms with Gasteiger partial charge < -0.3 is 5.32 Å². The Bertz CT molecular complexity index is 124. The number of rotatable bonds is 1. The number of nitrogens with zero attached hydrogens (tertiary/aromatic N) is 1. The molecular formula is C6H10N2. The monoisotopic (exact) mass is 110 g/mol. The van der Waals surface area contributed by atoms with E-state index in [2.05, 4.69) is 17.2 Å². The van der Waals surface area contributed by atoms with Crippen LogP contribution in [0.4, 0.5) is 0 Å². The van der Waals surface area contributed by atoms with E-state index in [-0.39, 0.29) is 0 Å². The van der Waals surface area contributed by atoms with Gasteiger partial charge in [0.1, 0.15) is 5.84 Å². The second-order valence-electron chi connectivity index (χ2n) is 1.66. The lowest BCUT2D eigenvalue weighted by atomic mass is 10.5. The van der Waals surface area contributed by atoms with Gasteiger partial charge in [-0.3, -0.25) is 4.99 Å². The Balaban J connectivity index is 2.34. The number of aliphatic imine (C=N–C) groups is 1. The van der Waals surface area contributed by atoms with Crippen molar-refractivity contribution in [3.05, 3.63) is 12.2 Å². The van der Waals surface area contributed by atoms with Crippen molar-refractivity contribution in [2.45, 2.75) is 6.92 Å². The molecular weight excluding hydrogens is 100 g/mol. The van der Waals surface area contributed by atoms with E-state index in [9.17, 15) is 0 Å². The average Bonchev–Trinajstić information content (AvgIpc) is 2.19. The maximum absolute atomic E-state index is 4.12. The summed E-state index contributed by atoms with van der Waals surface area (Å²) < 4.78 is 0. The molecule has 0 saturated heterocycles. The molecule has 1 N–H and O–H groups in total. The van der Waals surface area contributed by atoms with Gasteiger partial charge in [0.2, 0.25) is 0 Å². The van der Waals surface area contributed by atoms with Crippen molar-refractivity contribution >= 4 is 5.84 Å². The van der Waals surface area contributed by atoms with Crippen molar-refractivity contribution in [3.8, 4) is 0 Å². The number of hydrogen-bond donors (Lipinski definition) is 1. The van der Waals surface area contributed by atoms with Crippen molar-refractivity contribution < 1.29 is 0 Å². The Morgan fingerprint density at radius 2 is 2.75 bits per heavy atom. The molecule has 44 valence electrons. The van der Waals surface area contributed by atoms with Gasteiger partial charge >= 0.3 is 0 Å². The van der Waals surface area contributed by atoms with Crippen molar-refractivity contribution in [1.29, 1.82) is 0 Å². The van der Waals surface area contributed by atoms with Crippen LogP contribution < -0.4 is 5.32 Å². The Morgan fingerprint density at radius 3 is 3.25 bits per heavy atom. The molecule has 0 fully saturated rings. The summed E-state index contributed by atoms with van der Waals surface area (Å²) in [5.41, 5.74) is 0. The van der Waals surface area contributed by atoms with Gasteiger partial charge in [-0.25, -0.2) is 0 Å². The topological polar surface area (TPSA) is 24.4 Å². The van der Waals surface area contributed by atoms with E-state index in [4.69, 9.17) is 0 Å². The van der Waals surface area contributed by atoms with E-state index in [1.807, 2.05) is 12.2 Å². The molecule has 1 heterocycles. The first-order valence-corrected chi connectivity index (χ1v) is 2.88. The van der Waals surface area contributed by atoms with Gasteiger partial charge in [-0.2, -0.15) is 0 Å². The standard InChI is InChI=1S/C6H10N2/c1-2-7-6-4-3-5-8-6/h3-4H,2,5H2,1H3,(H,7,8). The van der Waals surface area contributed by atoms with E-state index in [1.54, 1.807) is 0 Å². The molecule has 0 aromatic carbocycles. The fourth-order valence-corrected chi connectivity index (χ4v) is 0.664. The Kier molecular flexibility index (Phi) is 1.67. The van der Waals surface area contributed by atoms with Gasteiger partial charge in [-0.05, 0) is 13.0 Å². The molecule has 0 amide bonds. The van der Waals surface area contributed by atoms with Crippen LogP contribution in [0.5, 0.6) is 0 Å². The van der Waals surface area contributed by atoms with Crippen molar-refractivity contribution in [3.63, 3.8) is 0 Å². The lowest BCUT2D eigenvalue weighted by Gasteiger charge is -1.95. The highest BCUT2D eigenvalue weighted by Gasteiger charge is 1.93. The third-order valence-corrected chi connectivity index (χ3v) is 1.00. The van der Waals surface area contributed by atoms with Gasteiger partial charge in [-0.15, -0.1) is 0 Å². The molecule has 2 heteroatoms. The molecule has 0 atom stereocenters. The minimum absolute atomic E-state index is 0.850. The van der Waals surface area contributed by atoms with Gasteiger partial charge in [0.05, 0.1) is 6.54 Å². The lowest BCUT2D eigenvalue weighted by Crippen LogP contribution is -2.18. The Hall–Kier alpha value is -0.790. The molecule has 1 aliphatic heterocycles. The van der Waals surface area contributed by atoms with Crippen LogP contribution in [0.15, 0.2) is 17.1 Å². The summed E-state index contributed by atoms with van der Waals surface area (Å²) in [6, 6.07) is 0. The van der Waals surface area contributed by atoms with Crippen LogP contribution in [-0.2, 0) is 0 Å². The summed E-state index contributed by atoms with van der Waals surface area (Å²) in [6.45, 7) is 3.88. The molecule has 1 rings (SSSR count). The van der Waals surface area contributed by atoms with Crippen molar-refractivity contribution in [2.75, 3.05) is 13.1 Å². The molecule has 0 spiro atoms. The quantitative estimate of drug-likeness (QED) is 0.524. The van der Waals surface area contributed by atoms with Crippen LogP contribution in [0.1, 0.15) is 6.92 Å². The second-order valence-corrected chi connectivity index (χ2v) is 1.66. The van der Waals surface area contributed by atoms with Crippen LogP contribution in [0.25, 0.3) is 0 Å². The van der Waals surface area contributed by atoms with Gasteiger partial charge in [0, 0.05) is 6.54 Å². The molecule has 2 nitrogen and oxygen atoms in total. The third-order valence-electron chi connectivity index (χ3n) is 1.00. The molecule has 0 saturated carbocycles. The number of hydrogen-bond acceptors (Lipinski definition) is 2. The van der Waals surface area contributed by atoms with Crippen molar-refractivity contribution in [2.24, 2.45) is 4.99 Å². The van der Waals surface area contributed by atoms with Gasteiger partial charge in [0.15, 0.2) is 0 Å². The number of amidine groups is 1. The summed E-state index contributed by atoms with van der Waals surface area (Å²) in [5.74, 6) is 1.02. The van der Waals surface area contributed by atoms with Crippen LogP contribution in [0.3, 0.4) is 0 Å². The predicted octanol–water partition coefficient (Wildman–Crippen LogP) is 0.564. The first-order valence-electron chi connectivity index (χ1n) is 2.88. The Morgan fingerprint density at radius 1 is 1.88 bits per heavy atom. The highest BCUT2D eigenvalue weighted by molar-refractivity contribution is 5.94. The molecule has 0 aliphatic carbocycles. The first-order chi connectivity index (χ1) is 3.93. The van der Waals surface area contributed by atoms with Crippen LogP contribution in [-0.4, -0.2) is 18.9 Å². The average molecular weight is 110 g/mol. The van der Waals surface area contributed by atoms with E-state index in [0.717, 1.165) is 18.9 Å². The number of nitrogens with one attached hydrogen (secondary N) is 1. The summed E-state index contributed by atoms with van der Waals surface area (Å²) in [4.78, 5) is 4.12. The third kappa shape index (κ3) is 1.09. The van der Waals surface area contributed by atoms with E-state index >= 15 is 0 Å². The van der Waals surface area contributed by atoms with E-state index in [0.29, 0.717) is 0 Å². The molecule has 0 unspecified atom stereocenters. The van der Waals surface area contributed by atoms with E-state index in [1.165, 1.54) is 0 Å². The first kappa shape index (κ1) is 5.35. The summed E-state index contributed by atoms with van der Waals surface area (Å²) in [6.07, 6.45) is 4.04. The SMILES string of the molecule is CCNC1=NCC=C1. The van der Waals surface area contributed by atoms with Crippen LogP contribution in [0, 0.1) is 0 Å². The van der Waals surface area contributed by atoms with E-state index < -0.39 is 0 Å². The summed E-state index contributed by atoms with van der Waals surface area (Å²) >= 11 is 0. The fraction of sp³-hybridized carbons (Fsp3) is 0.500. The second kappa shape index (κ2) is 2.50. The highest BCUT2D eigenvalue weighted by atomic mass is 15.0. The molecule has 0 bridgehead atoms. The normalized spacial score (nSPS) is 16.4. The zero-order valence-electron chi connectivity index (χ0n) is 5.02. The molecule has 8 heavy (non-hydrogen) atoms. The zero-order valence-corrected chi connectivity index (χ0v) is 5.02. The molecule has 0 aromatic heterocycles. The maximum Gasteiger partial charge on any atom is 0.120 e. The number of likely N-dealkylation sites (N-methyl/N-ethyl adjacent to an activating group) is 1. The molecule has 0 radical (unpaired) electrons. The minimum atomic E-state index is 0.850. The molecule has 0 aromatic rings. The minimum Gasteiger partial charge on any atom is -0.371 e. The maximum atomic E-state index is 4.12. The highest BCUT2D eigenvalue weighted by Crippen LogP contribution is 1.88. The van der Waals surface area contributed by atoms with Crippen LogP contribution in [0.2, 0.25) is 0 Å². The fourth-order valence-electron chi connectivity index (χ4n) is 0.664. The smallest absolute Gasteiger partial charge is 0.120 e. The van der Waals surface area contributed by atoms with Gasteiger partial charge in [-0.1, -0.05) is 6.08 Å². The lowest BCUT2D eigenvalue weighted by molar-refractivity contribution is 0.968. The largest absolute Gasteiger partial charge is 0.371 e. The van der Waals surface area contributed by atoms with Crippen LogP contribution >= 0.6 is 0 Å². The zero-order chi connectivity index (χ0) is 5.82. The molecule has 1 aliphatic rings. The summed E-state index contributed by atoms with van der Waals surface area (Å²) in [7, 11) is 0. The predicted molar refractivity (Wildman–Crippen MR) is 35.1 cm³/mol. The Labute approximate surface area is 49.3 Å². The van der Waals surface area contributed by atoms with Gasteiger partial charge in [0.25, 0.3) is 0 Å². The summed E-state index contributed by atoms with van der Waals surface area (Å²) in [5, 5.41) is 3.11.